The molecule has 2 aromatic carbocycles. The summed E-state index contributed by atoms with van der Waals surface area (Å²) in [6.07, 6.45) is -2.25. The fourth-order valence-electron chi connectivity index (χ4n) is 3.30. The normalized spacial score (nSPS) is 13.2. The van der Waals surface area contributed by atoms with Gasteiger partial charge in [0.1, 0.15) is 29.4 Å². The van der Waals surface area contributed by atoms with Crippen LogP contribution in [0.3, 0.4) is 0 Å². The molecule has 4 rings (SSSR count). The Morgan fingerprint density at radius 2 is 1.76 bits per heavy atom. The van der Waals surface area contributed by atoms with E-state index in [2.05, 4.69) is 15.0 Å². The third kappa shape index (κ3) is 8.09. The highest BCUT2D eigenvalue weighted by Gasteiger charge is 2.35. The first-order valence-electron chi connectivity index (χ1n) is 11.5. The van der Waals surface area contributed by atoms with Gasteiger partial charge in [0.25, 0.3) is 10.0 Å². The van der Waals surface area contributed by atoms with Crippen LogP contribution in [-0.4, -0.2) is 36.4 Å². The van der Waals surface area contributed by atoms with Gasteiger partial charge < -0.3 is 14.2 Å². The van der Waals surface area contributed by atoms with Crippen molar-refractivity contribution < 1.29 is 44.9 Å². The van der Waals surface area contributed by atoms with E-state index >= 15 is 0 Å². The van der Waals surface area contributed by atoms with Gasteiger partial charge in [0.05, 0.1) is 12.1 Å². The molecule has 0 bridgehead atoms. The fourth-order valence-corrected chi connectivity index (χ4v) is 6.85. The van der Waals surface area contributed by atoms with Crippen LogP contribution >= 0.6 is 18.9 Å². The first kappa shape index (κ1) is 30.1. The molecule has 1 unspecified atom stereocenters. The van der Waals surface area contributed by atoms with Gasteiger partial charge in [0.2, 0.25) is 4.34 Å². The Kier molecular flexibility index (Phi) is 9.05. The molecule has 11 nitrogen and oxygen atoms in total. The van der Waals surface area contributed by atoms with Gasteiger partial charge in [0.15, 0.2) is 24.6 Å². The predicted octanol–water partition coefficient (Wildman–Crippen LogP) is 4.64. The number of alkyl halides is 3. The lowest BCUT2D eigenvalue weighted by Crippen LogP contribution is -2.35. The molecule has 214 valence electrons. The van der Waals surface area contributed by atoms with Crippen molar-refractivity contribution in [1.82, 2.24) is 14.9 Å². The molecular weight excluding hydrogens is 606 g/mol. The maximum Gasteiger partial charge on any atom is 0.407 e. The minimum Gasteiger partial charge on any atom is -0.487 e. The van der Waals surface area contributed by atoms with Gasteiger partial charge in [-0.1, -0.05) is 23.5 Å². The summed E-state index contributed by atoms with van der Waals surface area (Å²) in [4.78, 5) is 12.8. The molecule has 4 aromatic rings. The molecule has 0 aliphatic carbocycles. The van der Waals surface area contributed by atoms with Crippen molar-refractivity contribution in [3.8, 4) is 22.1 Å². The lowest BCUT2D eigenvalue weighted by Gasteiger charge is -2.16. The standard InChI is InChI=1S/C24H19F3N5O6PS2/c1-28-21-10-9-19(15-20(21)24(25,26)27)38-39(33,34)16-29-41(35,36)23-31-30-22(40-23)17-5-7-18(8-6-17)37-14-13-32-11-3-2-4-12-32/h2-12,15,29H,13-14,16H2/p+1. The van der Waals surface area contributed by atoms with Gasteiger partial charge in [-0.25, -0.2) is 22.4 Å². The number of aromatic nitrogens is 3. The Hall–Kier alpha value is -3.87. The summed E-state index contributed by atoms with van der Waals surface area (Å²) in [5.41, 5.74) is -1.54. The van der Waals surface area contributed by atoms with Gasteiger partial charge in [-0.2, -0.15) is 17.9 Å². The molecule has 41 heavy (non-hydrogen) atoms. The fraction of sp³-hybridized carbons (Fsp3) is 0.167. The number of pyridine rings is 1. The Balaban J connectivity index is 1.36. The molecule has 0 aliphatic rings. The molecule has 1 atom stereocenters. The Labute approximate surface area is 236 Å². The molecule has 0 fully saturated rings. The van der Waals surface area contributed by atoms with Crippen molar-refractivity contribution in [1.29, 1.82) is 0 Å². The van der Waals surface area contributed by atoms with E-state index in [1.54, 1.807) is 24.3 Å². The van der Waals surface area contributed by atoms with Gasteiger partial charge in [0, 0.05) is 17.7 Å². The van der Waals surface area contributed by atoms with Crippen molar-refractivity contribution in [3.63, 3.8) is 0 Å². The van der Waals surface area contributed by atoms with Gasteiger partial charge in [-0.05, 0) is 36.4 Å². The van der Waals surface area contributed by atoms with E-state index in [0.29, 0.717) is 41.9 Å². The van der Waals surface area contributed by atoms with Crippen molar-refractivity contribution in [2.75, 3.05) is 12.9 Å². The molecule has 2 N–H and O–H groups in total. The summed E-state index contributed by atoms with van der Waals surface area (Å²) in [5.74, 6) is -0.0757. The van der Waals surface area contributed by atoms with E-state index in [9.17, 15) is 31.0 Å². The molecule has 0 amide bonds. The zero-order valence-electron chi connectivity index (χ0n) is 20.7. The van der Waals surface area contributed by atoms with Crippen molar-refractivity contribution in [2.45, 2.75) is 17.1 Å². The second-order valence-electron chi connectivity index (χ2n) is 8.18. The highest BCUT2D eigenvalue weighted by atomic mass is 32.2. The van der Waals surface area contributed by atoms with Gasteiger partial charge in [-0.3, -0.25) is 0 Å². The molecule has 0 saturated heterocycles. The zero-order chi connectivity index (χ0) is 29.7. The lowest BCUT2D eigenvalue weighted by molar-refractivity contribution is -0.697. The van der Waals surface area contributed by atoms with Crippen LogP contribution in [0, 0.1) is 6.57 Å². The third-order valence-corrected chi connectivity index (χ3v) is 9.24. The lowest BCUT2D eigenvalue weighted by atomic mass is 10.1. The number of rotatable bonds is 11. The number of hydrogen-bond acceptors (Lipinski definition) is 8. The number of sulfonamides is 1. The highest BCUT2D eigenvalue weighted by Crippen LogP contribution is 2.45. The van der Waals surface area contributed by atoms with E-state index in [1.165, 1.54) is 0 Å². The van der Waals surface area contributed by atoms with Gasteiger partial charge >= 0.3 is 13.8 Å². The molecule has 0 aliphatic heterocycles. The third-order valence-electron chi connectivity index (χ3n) is 5.23. The van der Waals surface area contributed by atoms with Crippen molar-refractivity contribution >= 4 is 34.6 Å². The minimum atomic E-state index is -4.91. The molecule has 2 heterocycles. The molecule has 2 aromatic heterocycles. The number of nitrogens with one attached hydrogen (secondary N) is 1. The largest absolute Gasteiger partial charge is 0.487 e. The second kappa shape index (κ2) is 12.3. The van der Waals surface area contributed by atoms with Crippen molar-refractivity contribution in [3.05, 3.63) is 90.0 Å². The first-order valence-corrected chi connectivity index (χ1v) is 15.5. The monoisotopic (exact) mass is 626 g/mol. The number of ether oxygens (including phenoxy) is 1. The molecule has 17 heteroatoms. The summed E-state index contributed by atoms with van der Waals surface area (Å²) in [5, 5.41) is 7.74. The average molecular weight is 627 g/mol. The molecular formula is C24H20F3N5O6PS2+. The van der Waals surface area contributed by atoms with E-state index in [4.69, 9.17) is 15.8 Å². The quantitative estimate of drug-likeness (QED) is 0.140. The maximum absolute atomic E-state index is 13.2. The van der Waals surface area contributed by atoms with Gasteiger partial charge in [-0.15, -0.1) is 10.2 Å². The van der Waals surface area contributed by atoms with E-state index in [0.717, 1.165) is 12.1 Å². The number of halogens is 3. The van der Waals surface area contributed by atoms with Crippen LogP contribution in [0.5, 0.6) is 11.5 Å². The van der Waals surface area contributed by atoms with Crippen LogP contribution in [-0.2, 0) is 27.3 Å². The second-order valence-corrected chi connectivity index (χ2v) is 12.9. The average Bonchev–Trinajstić information content (AvgIpc) is 3.44. The van der Waals surface area contributed by atoms with Crippen LogP contribution < -0.4 is 18.5 Å². The van der Waals surface area contributed by atoms with Crippen LogP contribution in [0.1, 0.15) is 5.56 Å². The summed E-state index contributed by atoms with van der Waals surface area (Å²) < 4.78 is 90.9. The molecule has 0 spiro atoms. The Bertz CT molecular complexity index is 1710. The minimum absolute atomic E-state index is 0.250. The number of nitrogens with zero attached hydrogens (tertiary/aromatic N) is 4. The van der Waals surface area contributed by atoms with Crippen LogP contribution in [0.25, 0.3) is 15.4 Å². The predicted molar refractivity (Wildman–Crippen MR) is 141 cm³/mol. The first-order chi connectivity index (χ1) is 19.4. The SMILES string of the molecule is [C-]#[N+]c1ccc(OP(=O)(O)CNS(=O)(=O)c2nnc(-c3ccc(OCC[n+]4ccccc4)cc3)s2)cc1C(F)(F)F. The smallest absolute Gasteiger partial charge is 0.407 e. The maximum atomic E-state index is 13.2. The van der Waals surface area contributed by atoms with E-state index in [-0.39, 0.29) is 5.01 Å². The molecule has 0 saturated carbocycles. The highest BCUT2D eigenvalue weighted by molar-refractivity contribution is 7.91. The summed E-state index contributed by atoms with van der Waals surface area (Å²) in [7, 11) is -9.23. The van der Waals surface area contributed by atoms with Crippen molar-refractivity contribution in [2.24, 2.45) is 0 Å². The summed E-state index contributed by atoms with van der Waals surface area (Å²) in [6.45, 7) is 7.90. The number of benzene rings is 2. The van der Waals surface area contributed by atoms with E-state index < -0.39 is 51.4 Å². The zero-order valence-corrected chi connectivity index (χ0v) is 23.3. The van der Waals surface area contributed by atoms with Crippen LogP contribution in [0.2, 0.25) is 0 Å². The summed E-state index contributed by atoms with van der Waals surface area (Å²) >= 11 is 0.695. The Morgan fingerprint density at radius 3 is 2.41 bits per heavy atom. The summed E-state index contributed by atoms with van der Waals surface area (Å²) in [6, 6.07) is 14.5. The van der Waals surface area contributed by atoms with Crippen LogP contribution in [0.4, 0.5) is 18.9 Å². The topological polar surface area (TPSA) is 136 Å². The Morgan fingerprint density at radius 1 is 1.07 bits per heavy atom. The van der Waals surface area contributed by atoms with E-state index in [1.807, 2.05) is 39.9 Å². The number of hydrogen-bond donors (Lipinski definition) is 2. The molecule has 0 radical (unpaired) electrons. The van der Waals surface area contributed by atoms with Crippen LogP contribution in [0.15, 0.2) is 77.4 Å².